The summed E-state index contributed by atoms with van der Waals surface area (Å²) >= 11 is 2.76. The van der Waals surface area contributed by atoms with E-state index in [9.17, 15) is 63.3 Å². The minimum atomic E-state index is -1.56. The summed E-state index contributed by atoms with van der Waals surface area (Å²) in [4.78, 5) is 134. The standard InChI is InChI=1S/C48H69N9O13S2/c1-27(2)40(49)47(68)57-21-9-12-37(57)46(67)56-36(25-30-13-15-31(58)16-14-30)45(66)54-33(19-22-71-4)43(64)51-28(3)41(62)53-32(17-18-39(60)61)44(65)55-35(24-29-10-7-6-8-11-29)42(63)50-26-38(59)52-34(48(69)70)20-23-72-5/h6-8,10-11,13-16,27-28,32-37,40,58H,9,12,17-26,49H2,1-5H3,(H,50,63)(H,51,64)(H,52,59)(H,53,62)(H,54,66)(H,55,65)(H,56,67)(H,60,61)(H,69,70)/t28-,32-,33-,34-,35-,36-,37-,40-/m0/s1. The molecule has 72 heavy (non-hydrogen) atoms. The number of phenols is 1. The fraction of sp³-hybridized carbons (Fsp3) is 0.542. The molecule has 8 amide bonds. The van der Waals surface area contributed by atoms with E-state index in [4.69, 9.17) is 5.73 Å². The van der Waals surface area contributed by atoms with Gasteiger partial charge in [0.15, 0.2) is 0 Å². The Labute approximate surface area is 427 Å². The van der Waals surface area contributed by atoms with E-state index in [0.717, 1.165) is 0 Å². The second-order valence-electron chi connectivity index (χ2n) is 17.7. The summed E-state index contributed by atoms with van der Waals surface area (Å²) in [5.41, 5.74) is 7.29. The van der Waals surface area contributed by atoms with E-state index in [1.165, 1.54) is 47.5 Å². The zero-order valence-electron chi connectivity index (χ0n) is 41.1. The Hall–Kier alpha value is -6.40. The van der Waals surface area contributed by atoms with Gasteiger partial charge in [-0.05, 0) is 92.2 Å². The van der Waals surface area contributed by atoms with Crippen LogP contribution in [0.5, 0.6) is 5.75 Å². The van der Waals surface area contributed by atoms with Crippen molar-refractivity contribution < 1.29 is 63.3 Å². The van der Waals surface area contributed by atoms with Crippen LogP contribution in [0.3, 0.4) is 0 Å². The first-order chi connectivity index (χ1) is 34.1. The molecule has 1 heterocycles. The first-order valence-corrected chi connectivity index (χ1v) is 26.3. The van der Waals surface area contributed by atoms with Crippen LogP contribution >= 0.6 is 23.5 Å². The summed E-state index contributed by atoms with van der Waals surface area (Å²) in [6, 6.07) is 4.60. The third kappa shape index (κ3) is 20.0. The number of phenolic OH excluding ortho intramolecular Hbond substituents is 1. The van der Waals surface area contributed by atoms with Crippen LogP contribution in [-0.2, 0) is 60.8 Å². The van der Waals surface area contributed by atoms with Crippen molar-refractivity contribution in [2.45, 2.75) is 120 Å². The van der Waals surface area contributed by atoms with Gasteiger partial charge < -0.3 is 63.2 Å². The molecule has 24 heteroatoms. The molecule has 2 aromatic carbocycles. The SMILES string of the molecule is CSCC[C@H](NC(=O)CNC(=O)[C@H](Cc1ccccc1)NC(=O)[C@H](CCC(=O)O)NC(=O)[C@H](C)NC(=O)[C@H](CCSC)NC(=O)[C@H](Cc1ccc(O)cc1)NC(=O)[C@@H]1CCCN1C(=O)[C@@H](N)C(C)C)C(=O)O. The lowest BCUT2D eigenvalue weighted by Crippen LogP contribution is -2.60. The van der Waals surface area contributed by atoms with Crippen LogP contribution < -0.4 is 43.0 Å². The lowest BCUT2D eigenvalue weighted by Gasteiger charge is -2.30. The van der Waals surface area contributed by atoms with Crippen LogP contribution in [0.25, 0.3) is 0 Å². The van der Waals surface area contributed by atoms with Crippen molar-refractivity contribution in [3.63, 3.8) is 0 Å². The number of aliphatic carboxylic acids is 2. The van der Waals surface area contributed by atoms with E-state index in [1.54, 1.807) is 68.8 Å². The number of likely N-dealkylation sites (tertiary alicyclic amines) is 1. The molecule has 0 radical (unpaired) electrons. The van der Waals surface area contributed by atoms with E-state index in [1.807, 2.05) is 0 Å². The molecular weight excluding hydrogens is 975 g/mol. The Bertz CT molecular complexity index is 2190. The van der Waals surface area contributed by atoms with Gasteiger partial charge in [0.25, 0.3) is 0 Å². The van der Waals surface area contributed by atoms with Gasteiger partial charge in [0, 0.05) is 25.8 Å². The maximum Gasteiger partial charge on any atom is 0.326 e. The number of nitrogens with zero attached hydrogens (tertiary/aromatic N) is 1. The zero-order chi connectivity index (χ0) is 53.5. The van der Waals surface area contributed by atoms with E-state index in [2.05, 4.69) is 37.2 Å². The summed E-state index contributed by atoms with van der Waals surface area (Å²) in [7, 11) is 0. The van der Waals surface area contributed by atoms with Gasteiger partial charge in [0.05, 0.1) is 12.6 Å². The molecule has 1 aliphatic rings. The van der Waals surface area contributed by atoms with Gasteiger partial charge in [-0.25, -0.2) is 4.79 Å². The average Bonchev–Trinajstić information content (AvgIpc) is 3.84. The third-order valence-electron chi connectivity index (χ3n) is 11.7. The van der Waals surface area contributed by atoms with Crippen LogP contribution in [0.2, 0.25) is 0 Å². The largest absolute Gasteiger partial charge is 0.508 e. The number of hydrogen-bond donors (Lipinski definition) is 11. The number of carboxylic acid groups (broad SMARTS) is 2. The maximum atomic E-state index is 14.1. The second kappa shape index (κ2) is 30.5. The predicted molar refractivity (Wildman–Crippen MR) is 270 cm³/mol. The summed E-state index contributed by atoms with van der Waals surface area (Å²) < 4.78 is 0. The van der Waals surface area contributed by atoms with Crippen molar-refractivity contribution in [2.24, 2.45) is 11.7 Å². The molecule has 2 aromatic rings. The number of carbonyl (C=O) groups excluding carboxylic acids is 8. The number of nitrogens with one attached hydrogen (secondary N) is 7. The minimum Gasteiger partial charge on any atom is -0.508 e. The molecule has 12 N–H and O–H groups in total. The number of carbonyl (C=O) groups is 10. The molecule has 0 unspecified atom stereocenters. The van der Waals surface area contributed by atoms with Crippen molar-refractivity contribution in [1.82, 2.24) is 42.1 Å². The number of aromatic hydroxyl groups is 1. The Morgan fingerprint density at radius 1 is 0.653 bits per heavy atom. The zero-order valence-corrected chi connectivity index (χ0v) is 42.8. The molecule has 396 valence electrons. The first-order valence-electron chi connectivity index (χ1n) is 23.5. The Morgan fingerprint density at radius 2 is 1.18 bits per heavy atom. The van der Waals surface area contributed by atoms with E-state index >= 15 is 0 Å². The molecule has 8 atom stereocenters. The van der Waals surface area contributed by atoms with Crippen molar-refractivity contribution >= 4 is 82.7 Å². The molecule has 22 nitrogen and oxygen atoms in total. The van der Waals surface area contributed by atoms with E-state index in [0.29, 0.717) is 42.0 Å². The summed E-state index contributed by atoms with van der Waals surface area (Å²) in [5, 5.41) is 46.6. The third-order valence-corrected chi connectivity index (χ3v) is 13.0. The maximum absolute atomic E-state index is 14.1. The molecular formula is C48H69N9O13S2. The summed E-state index contributed by atoms with van der Waals surface area (Å²) in [6.45, 7) is 4.54. The first kappa shape index (κ1) is 59.9. The fourth-order valence-corrected chi connectivity index (χ4v) is 8.42. The second-order valence-corrected chi connectivity index (χ2v) is 19.6. The van der Waals surface area contributed by atoms with Gasteiger partial charge in [0.2, 0.25) is 47.3 Å². The molecule has 1 fully saturated rings. The topological polar surface area (TPSA) is 345 Å². The van der Waals surface area contributed by atoms with Gasteiger partial charge in [-0.1, -0.05) is 56.3 Å². The highest BCUT2D eigenvalue weighted by Crippen LogP contribution is 2.21. The molecule has 0 aliphatic carbocycles. The average molecular weight is 1040 g/mol. The van der Waals surface area contributed by atoms with Crippen LogP contribution in [0.1, 0.15) is 70.4 Å². The Balaban J connectivity index is 1.79. The van der Waals surface area contributed by atoms with Crippen molar-refractivity contribution in [3.05, 3.63) is 65.7 Å². The molecule has 1 aliphatic heterocycles. The van der Waals surface area contributed by atoms with Gasteiger partial charge >= 0.3 is 11.9 Å². The number of nitrogens with two attached hydrogens (primary N) is 1. The molecule has 1 saturated heterocycles. The molecule has 3 rings (SSSR count). The predicted octanol–water partition coefficient (Wildman–Crippen LogP) is -0.348. The van der Waals surface area contributed by atoms with Gasteiger partial charge in [-0.15, -0.1) is 0 Å². The van der Waals surface area contributed by atoms with Gasteiger partial charge in [0.1, 0.15) is 48.0 Å². The molecule has 0 saturated carbocycles. The Morgan fingerprint density at radius 3 is 1.76 bits per heavy atom. The lowest BCUT2D eigenvalue weighted by molar-refractivity contribution is -0.142. The van der Waals surface area contributed by atoms with Crippen LogP contribution in [0.4, 0.5) is 0 Å². The number of hydrogen-bond acceptors (Lipinski definition) is 14. The fourth-order valence-electron chi connectivity index (χ4n) is 7.47. The van der Waals surface area contributed by atoms with Crippen LogP contribution in [-0.4, -0.2) is 165 Å². The van der Waals surface area contributed by atoms with E-state index < -0.39 is 127 Å². The number of thioether (sulfide) groups is 2. The minimum absolute atomic E-state index is 0.0315. The smallest absolute Gasteiger partial charge is 0.326 e. The quantitative estimate of drug-likeness (QED) is 0.0477. The summed E-state index contributed by atoms with van der Waals surface area (Å²) in [5.74, 6) is -8.07. The number of rotatable bonds is 30. The highest BCUT2D eigenvalue weighted by atomic mass is 32.2. The van der Waals surface area contributed by atoms with Gasteiger partial charge in [-0.3, -0.25) is 43.2 Å². The van der Waals surface area contributed by atoms with Crippen molar-refractivity contribution in [3.8, 4) is 5.75 Å². The normalized spacial score (nSPS) is 16.1. The Kier molecular flexibility index (Phi) is 25.4. The number of amides is 8. The highest BCUT2D eigenvalue weighted by molar-refractivity contribution is 7.98. The lowest BCUT2D eigenvalue weighted by atomic mass is 10.0. The molecule has 0 bridgehead atoms. The number of carboxylic acids is 2. The van der Waals surface area contributed by atoms with Crippen molar-refractivity contribution in [1.29, 1.82) is 0 Å². The van der Waals surface area contributed by atoms with E-state index in [-0.39, 0.29) is 37.4 Å². The van der Waals surface area contributed by atoms with Crippen molar-refractivity contribution in [2.75, 3.05) is 37.1 Å². The van der Waals surface area contributed by atoms with Gasteiger partial charge in [-0.2, -0.15) is 23.5 Å². The number of benzene rings is 2. The highest BCUT2D eigenvalue weighted by Gasteiger charge is 2.39. The monoisotopic (exact) mass is 1040 g/mol. The van der Waals surface area contributed by atoms with Crippen LogP contribution in [0, 0.1) is 5.92 Å². The molecule has 0 spiro atoms. The molecule has 0 aromatic heterocycles. The summed E-state index contributed by atoms with van der Waals surface area (Å²) in [6.07, 6.45) is 3.39. The van der Waals surface area contributed by atoms with Crippen LogP contribution in [0.15, 0.2) is 54.6 Å².